The molecule has 0 atom stereocenters. The zero-order valence-electron chi connectivity index (χ0n) is 13.8. The van der Waals surface area contributed by atoms with Gasteiger partial charge in [0.05, 0.1) is 11.1 Å². The van der Waals surface area contributed by atoms with Gasteiger partial charge in [0.1, 0.15) is 0 Å². The zero-order chi connectivity index (χ0) is 18.5. The van der Waals surface area contributed by atoms with Crippen molar-refractivity contribution in [2.45, 2.75) is 0 Å². The van der Waals surface area contributed by atoms with E-state index >= 15 is 0 Å². The van der Waals surface area contributed by atoms with Crippen molar-refractivity contribution in [2.75, 3.05) is 0 Å². The lowest BCUT2D eigenvalue weighted by atomic mass is 10.1. The van der Waals surface area contributed by atoms with Crippen molar-refractivity contribution in [3.05, 3.63) is 96.1 Å². The molecule has 4 rings (SSSR count). The fraction of sp³-hybridized carbons (Fsp3) is 0. The Kier molecular flexibility index (Phi) is 4.94. The predicted octanol–water partition coefficient (Wildman–Crippen LogP) is 5.08. The Balaban J connectivity index is 0.000000151. The first-order valence-corrected chi connectivity index (χ1v) is 8.00. The highest BCUT2D eigenvalue weighted by atomic mass is 16.4. The summed E-state index contributed by atoms with van der Waals surface area (Å²) >= 11 is 0. The number of benzene rings is 4. The first kappa shape index (κ1) is 17.2. The van der Waals surface area contributed by atoms with E-state index in [4.69, 9.17) is 10.2 Å². The second-order valence-corrected chi connectivity index (χ2v) is 5.66. The van der Waals surface area contributed by atoms with Crippen LogP contribution in [0.2, 0.25) is 0 Å². The largest absolute Gasteiger partial charge is 0.478 e. The minimum Gasteiger partial charge on any atom is -0.478 e. The highest BCUT2D eigenvalue weighted by molar-refractivity contribution is 6.04. The molecule has 0 radical (unpaired) electrons. The van der Waals surface area contributed by atoms with Crippen LogP contribution in [-0.2, 0) is 0 Å². The summed E-state index contributed by atoms with van der Waals surface area (Å²) in [6.45, 7) is 0. The maximum atomic E-state index is 10.8. The number of carboxylic acid groups (broad SMARTS) is 2. The Morgan fingerprint density at radius 2 is 0.846 bits per heavy atom. The topological polar surface area (TPSA) is 74.6 Å². The molecule has 4 aromatic rings. The molecule has 2 N–H and O–H groups in total. The molecule has 0 aliphatic carbocycles. The second-order valence-electron chi connectivity index (χ2n) is 5.66. The van der Waals surface area contributed by atoms with Crippen molar-refractivity contribution in [3.8, 4) is 0 Å². The van der Waals surface area contributed by atoms with Gasteiger partial charge < -0.3 is 10.2 Å². The third kappa shape index (κ3) is 3.54. The normalized spacial score (nSPS) is 10.2. The average molecular weight is 344 g/mol. The van der Waals surface area contributed by atoms with Crippen LogP contribution in [0.4, 0.5) is 0 Å². The van der Waals surface area contributed by atoms with Crippen LogP contribution < -0.4 is 0 Å². The molecule has 4 heteroatoms. The van der Waals surface area contributed by atoms with Crippen LogP contribution in [0.15, 0.2) is 84.9 Å². The van der Waals surface area contributed by atoms with E-state index in [1.165, 1.54) is 0 Å². The molecule has 0 aliphatic rings. The van der Waals surface area contributed by atoms with E-state index in [2.05, 4.69) is 0 Å². The lowest BCUT2D eigenvalue weighted by molar-refractivity contribution is 0.0688. The average Bonchev–Trinajstić information content (AvgIpc) is 2.67. The van der Waals surface area contributed by atoms with Crippen LogP contribution in [0.3, 0.4) is 0 Å². The minimum absolute atomic E-state index is 0.359. The van der Waals surface area contributed by atoms with E-state index in [9.17, 15) is 9.59 Å². The SMILES string of the molecule is O=C(O)c1cccc2ccccc12.O=C(O)c1cccc2ccccc12. The van der Waals surface area contributed by atoms with Crippen molar-refractivity contribution in [2.24, 2.45) is 0 Å². The van der Waals surface area contributed by atoms with Crippen LogP contribution in [0, 0.1) is 0 Å². The first-order chi connectivity index (χ1) is 12.6. The van der Waals surface area contributed by atoms with Crippen molar-refractivity contribution >= 4 is 33.5 Å². The fourth-order valence-electron chi connectivity index (χ4n) is 2.82. The van der Waals surface area contributed by atoms with Crippen molar-refractivity contribution in [1.29, 1.82) is 0 Å². The van der Waals surface area contributed by atoms with Crippen LogP contribution in [0.5, 0.6) is 0 Å². The van der Waals surface area contributed by atoms with Gasteiger partial charge in [-0.3, -0.25) is 0 Å². The molecule has 0 bridgehead atoms. The lowest BCUT2D eigenvalue weighted by Crippen LogP contribution is -1.96. The Labute approximate surface area is 149 Å². The quantitative estimate of drug-likeness (QED) is 0.532. The van der Waals surface area contributed by atoms with Gasteiger partial charge in [-0.25, -0.2) is 9.59 Å². The third-order valence-electron chi connectivity index (χ3n) is 4.04. The number of carboxylic acids is 2. The zero-order valence-corrected chi connectivity index (χ0v) is 13.8. The Morgan fingerprint density at radius 3 is 1.23 bits per heavy atom. The second kappa shape index (κ2) is 7.49. The molecule has 4 aromatic carbocycles. The summed E-state index contributed by atoms with van der Waals surface area (Å²) < 4.78 is 0. The molecule has 0 saturated heterocycles. The maximum absolute atomic E-state index is 10.8. The summed E-state index contributed by atoms with van der Waals surface area (Å²) in [7, 11) is 0. The Bertz CT molecular complexity index is 999. The van der Waals surface area contributed by atoms with E-state index in [-0.39, 0.29) is 0 Å². The molecule has 128 valence electrons. The standard InChI is InChI=1S/2C11H8O2/c2*12-11(13)10-7-3-5-8-4-1-2-6-9(8)10/h2*1-7H,(H,12,13). The van der Waals surface area contributed by atoms with Gasteiger partial charge in [0, 0.05) is 0 Å². The van der Waals surface area contributed by atoms with Crippen LogP contribution in [-0.4, -0.2) is 22.2 Å². The number of rotatable bonds is 2. The van der Waals surface area contributed by atoms with Gasteiger partial charge in [0.15, 0.2) is 0 Å². The smallest absolute Gasteiger partial charge is 0.336 e. The molecule has 26 heavy (non-hydrogen) atoms. The van der Waals surface area contributed by atoms with Crippen LogP contribution in [0.1, 0.15) is 20.7 Å². The number of hydrogen-bond donors (Lipinski definition) is 2. The number of aromatic carboxylic acids is 2. The predicted molar refractivity (Wildman–Crippen MR) is 102 cm³/mol. The van der Waals surface area contributed by atoms with E-state index in [1.54, 1.807) is 24.3 Å². The maximum Gasteiger partial charge on any atom is 0.336 e. The molecular weight excluding hydrogens is 328 g/mol. The summed E-state index contributed by atoms with van der Waals surface area (Å²) in [5.41, 5.74) is 0.719. The van der Waals surface area contributed by atoms with Gasteiger partial charge in [0.25, 0.3) is 0 Å². The molecule has 0 saturated carbocycles. The monoisotopic (exact) mass is 344 g/mol. The molecule has 0 fully saturated rings. The van der Waals surface area contributed by atoms with E-state index in [0.29, 0.717) is 11.1 Å². The van der Waals surface area contributed by atoms with E-state index < -0.39 is 11.9 Å². The minimum atomic E-state index is -0.878. The summed E-state index contributed by atoms with van der Waals surface area (Å²) in [5.74, 6) is -1.76. The summed E-state index contributed by atoms with van der Waals surface area (Å²) in [4.78, 5) is 21.6. The van der Waals surface area contributed by atoms with Gasteiger partial charge in [0.2, 0.25) is 0 Å². The Hall–Kier alpha value is -3.66. The lowest BCUT2D eigenvalue weighted by Gasteiger charge is -2.00. The molecule has 0 unspecified atom stereocenters. The van der Waals surface area contributed by atoms with Crippen LogP contribution >= 0.6 is 0 Å². The molecule has 0 spiro atoms. The highest BCUT2D eigenvalue weighted by Crippen LogP contribution is 2.18. The summed E-state index contributed by atoms with van der Waals surface area (Å²) in [5, 5.41) is 21.3. The van der Waals surface area contributed by atoms with E-state index in [1.807, 2.05) is 60.7 Å². The van der Waals surface area contributed by atoms with Gasteiger partial charge in [-0.1, -0.05) is 72.8 Å². The van der Waals surface area contributed by atoms with Crippen molar-refractivity contribution < 1.29 is 19.8 Å². The number of hydrogen-bond acceptors (Lipinski definition) is 2. The number of carbonyl (C=O) groups is 2. The first-order valence-electron chi connectivity index (χ1n) is 8.00. The fourth-order valence-corrected chi connectivity index (χ4v) is 2.82. The van der Waals surface area contributed by atoms with Crippen molar-refractivity contribution in [1.82, 2.24) is 0 Å². The molecular formula is C22H16O4. The molecule has 0 aromatic heterocycles. The van der Waals surface area contributed by atoms with Gasteiger partial charge in [-0.05, 0) is 33.7 Å². The summed E-state index contributed by atoms with van der Waals surface area (Å²) in [6, 6.07) is 25.5. The van der Waals surface area contributed by atoms with Gasteiger partial charge in [-0.15, -0.1) is 0 Å². The number of fused-ring (bicyclic) bond motifs is 2. The highest BCUT2D eigenvalue weighted by Gasteiger charge is 2.06. The molecule has 0 amide bonds. The third-order valence-corrected chi connectivity index (χ3v) is 4.04. The molecule has 0 heterocycles. The molecule has 0 aliphatic heterocycles. The van der Waals surface area contributed by atoms with Crippen LogP contribution in [0.25, 0.3) is 21.5 Å². The Morgan fingerprint density at radius 1 is 0.500 bits per heavy atom. The van der Waals surface area contributed by atoms with Crippen molar-refractivity contribution in [3.63, 3.8) is 0 Å². The van der Waals surface area contributed by atoms with Gasteiger partial charge >= 0.3 is 11.9 Å². The van der Waals surface area contributed by atoms with Gasteiger partial charge in [-0.2, -0.15) is 0 Å². The summed E-state index contributed by atoms with van der Waals surface area (Å²) in [6.07, 6.45) is 0. The van der Waals surface area contributed by atoms with E-state index in [0.717, 1.165) is 21.5 Å². The molecule has 4 nitrogen and oxygen atoms in total.